The number of para-hydroxylation sites is 1. The van der Waals surface area contributed by atoms with Crippen molar-refractivity contribution in [3.05, 3.63) is 46.8 Å². The van der Waals surface area contributed by atoms with Gasteiger partial charge in [-0.1, -0.05) is 37.2 Å². The summed E-state index contributed by atoms with van der Waals surface area (Å²) in [5.41, 5.74) is 2.21. The molecule has 7 nitrogen and oxygen atoms in total. The lowest BCUT2D eigenvalue weighted by molar-refractivity contribution is -0.143. The van der Waals surface area contributed by atoms with Crippen LogP contribution in [0.5, 0.6) is 5.75 Å². The Morgan fingerprint density at radius 3 is 2.52 bits per heavy atom. The van der Waals surface area contributed by atoms with E-state index >= 15 is 0 Å². The second-order valence-corrected chi connectivity index (χ2v) is 7.50. The van der Waals surface area contributed by atoms with E-state index in [1.54, 1.807) is 13.0 Å². The Labute approximate surface area is 171 Å². The number of ether oxygens (including phenoxy) is 2. The largest absolute Gasteiger partial charge is 0.485 e. The predicted octanol–water partition coefficient (Wildman–Crippen LogP) is 3.97. The van der Waals surface area contributed by atoms with Gasteiger partial charge in [0.05, 0.1) is 13.0 Å². The molecule has 158 valence electrons. The highest BCUT2D eigenvalue weighted by molar-refractivity contribution is 5.92. The van der Waals surface area contributed by atoms with Gasteiger partial charge < -0.3 is 19.3 Å². The van der Waals surface area contributed by atoms with Crippen LogP contribution in [-0.2, 0) is 16.1 Å². The summed E-state index contributed by atoms with van der Waals surface area (Å²) in [5.74, 6) is 0.835. The standard InChI is InChI=1S/C22H30N2O5/c1-6-27-20(25)11-17(10-14(2)3)23-22(26)19-12-18(29-24-19)13-28-21-15(4)8-7-9-16(21)5/h7-9,12,14,17H,6,10-11,13H2,1-5H3,(H,23,26)/t17-/m1/s1. The zero-order chi connectivity index (χ0) is 21.4. The lowest BCUT2D eigenvalue weighted by Gasteiger charge is -2.19. The van der Waals surface area contributed by atoms with Crippen molar-refractivity contribution in [3.8, 4) is 5.75 Å². The molecule has 0 unspecified atom stereocenters. The summed E-state index contributed by atoms with van der Waals surface area (Å²) in [6.45, 7) is 10.2. The highest BCUT2D eigenvalue weighted by Crippen LogP contribution is 2.23. The van der Waals surface area contributed by atoms with E-state index in [1.807, 2.05) is 45.9 Å². The third-order valence-electron chi connectivity index (χ3n) is 4.37. The van der Waals surface area contributed by atoms with E-state index in [2.05, 4.69) is 10.5 Å². The molecule has 1 heterocycles. The summed E-state index contributed by atoms with van der Waals surface area (Å²) in [6.07, 6.45) is 0.781. The van der Waals surface area contributed by atoms with Gasteiger partial charge in [-0.3, -0.25) is 9.59 Å². The summed E-state index contributed by atoms with van der Waals surface area (Å²) >= 11 is 0. The molecule has 1 N–H and O–H groups in total. The summed E-state index contributed by atoms with van der Waals surface area (Å²) in [4.78, 5) is 24.4. The van der Waals surface area contributed by atoms with Crippen molar-refractivity contribution in [2.24, 2.45) is 5.92 Å². The van der Waals surface area contributed by atoms with Gasteiger partial charge in [0.1, 0.15) is 12.4 Å². The number of carbonyl (C=O) groups excluding carboxylic acids is 2. The Morgan fingerprint density at radius 1 is 1.21 bits per heavy atom. The number of nitrogens with zero attached hydrogens (tertiary/aromatic N) is 1. The number of benzene rings is 1. The molecule has 2 aromatic rings. The fraction of sp³-hybridized carbons (Fsp3) is 0.500. The van der Waals surface area contributed by atoms with Gasteiger partial charge in [0, 0.05) is 12.1 Å². The van der Waals surface area contributed by atoms with Crippen LogP contribution in [0.25, 0.3) is 0 Å². The molecule has 0 aliphatic rings. The predicted molar refractivity (Wildman–Crippen MR) is 109 cm³/mol. The number of aromatic nitrogens is 1. The normalized spacial score (nSPS) is 11.9. The van der Waals surface area contributed by atoms with E-state index < -0.39 is 0 Å². The minimum absolute atomic E-state index is 0.123. The summed E-state index contributed by atoms with van der Waals surface area (Å²) in [5, 5.41) is 6.69. The molecule has 0 saturated heterocycles. The van der Waals surface area contributed by atoms with Crippen molar-refractivity contribution < 1.29 is 23.6 Å². The molecule has 1 aromatic heterocycles. The SMILES string of the molecule is CCOC(=O)C[C@@H](CC(C)C)NC(=O)c1cc(COc2c(C)cccc2C)on1. The molecular formula is C22H30N2O5. The Hall–Kier alpha value is -2.83. The van der Waals surface area contributed by atoms with Gasteiger partial charge in [-0.15, -0.1) is 0 Å². The lowest BCUT2D eigenvalue weighted by atomic mass is 10.0. The molecule has 2 rings (SSSR count). The molecule has 1 aromatic carbocycles. The first-order chi connectivity index (χ1) is 13.8. The molecule has 29 heavy (non-hydrogen) atoms. The van der Waals surface area contributed by atoms with Crippen LogP contribution in [0.3, 0.4) is 0 Å². The minimum atomic E-state index is -0.387. The Balaban J connectivity index is 1.98. The van der Waals surface area contributed by atoms with E-state index in [9.17, 15) is 9.59 Å². The first-order valence-corrected chi connectivity index (χ1v) is 9.91. The zero-order valence-corrected chi connectivity index (χ0v) is 17.8. The van der Waals surface area contributed by atoms with Gasteiger partial charge in [0.25, 0.3) is 5.91 Å². The van der Waals surface area contributed by atoms with Gasteiger partial charge in [-0.2, -0.15) is 0 Å². The van der Waals surface area contributed by atoms with E-state index in [4.69, 9.17) is 14.0 Å². The van der Waals surface area contributed by atoms with E-state index in [0.29, 0.717) is 24.7 Å². The molecule has 0 fully saturated rings. The average Bonchev–Trinajstić information content (AvgIpc) is 3.10. The molecule has 1 atom stereocenters. The van der Waals surface area contributed by atoms with Crippen LogP contribution in [0.15, 0.2) is 28.8 Å². The van der Waals surface area contributed by atoms with Crippen molar-refractivity contribution >= 4 is 11.9 Å². The summed E-state index contributed by atoms with van der Waals surface area (Å²) < 4.78 is 16.1. The molecule has 1 amide bonds. The third kappa shape index (κ3) is 6.93. The molecule has 0 saturated carbocycles. The van der Waals surface area contributed by atoms with Crippen LogP contribution in [-0.4, -0.2) is 29.7 Å². The maximum atomic E-state index is 12.5. The monoisotopic (exact) mass is 402 g/mol. The van der Waals surface area contributed by atoms with Gasteiger partial charge in [0.15, 0.2) is 11.5 Å². The molecule has 7 heteroatoms. The van der Waals surface area contributed by atoms with Crippen LogP contribution < -0.4 is 10.1 Å². The van der Waals surface area contributed by atoms with Gasteiger partial charge >= 0.3 is 5.97 Å². The van der Waals surface area contributed by atoms with Crippen molar-refractivity contribution in [3.63, 3.8) is 0 Å². The number of amides is 1. The molecule has 0 bridgehead atoms. The lowest BCUT2D eigenvalue weighted by Crippen LogP contribution is -2.38. The van der Waals surface area contributed by atoms with Crippen molar-refractivity contribution in [2.45, 2.75) is 60.1 Å². The van der Waals surface area contributed by atoms with Gasteiger partial charge in [-0.05, 0) is 44.2 Å². The number of rotatable bonds is 10. The Kier molecular flexibility index (Phi) is 8.24. The van der Waals surface area contributed by atoms with Gasteiger partial charge in [-0.25, -0.2) is 0 Å². The topological polar surface area (TPSA) is 90.7 Å². The van der Waals surface area contributed by atoms with Crippen molar-refractivity contribution in [2.75, 3.05) is 6.61 Å². The van der Waals surface area contributed by atoms with Crippen LogP contribution >= 0.6 is 0 Å². The Morgan fingerprint density at radius 2 is 1.90 bits per heavy atom. The number of carbonyl (C=O) groups is 2. The zero-order valence-electron chi connectivity index (χ0n) is 17.8. The fourth-order valence-corrected chi connectivity index (χ4v) is 3.10. The summed E-state index contributed by atoms with van der Waals surface area (Å²) in [6, 6.07) is 7.14. The smallest absolute Gasteiger partial charge is 0.307 e. The molecule has 0 spiro atoms. The minimum Gasteiger partial charge on any atom is -0.485 e. The van der Waals surface area contributed by atoms with Crippen LogP contribution in [0.4, 0.5) is 0 Å². The molecule has 0 aliphatic heterocycles. The van der Waals surface area contributed by atoms with Crippen LogP contribution in [0, 0.1) is 19.8 Å². The first kappa shape index (κ1) is 22.5. The van der Waals surface area contributed by atoms with Crippen LogP contribution in [0.1, 0.15) is 61.0 Å². The van der Waals surface area contributed by atoms with Crippen LogP contribution in [0.2, 0.25) is 0 Å². The average molecular weight is 402 g/mol. The second kappa shape index (κ2) is 10.6. The van der Waals surface area contributed by atoms with Crippen molar-refractivity contribution in [1.82, 2.24) is 10.5 Å². The molecule has 0 aliphatic carbocycles. The highest BCUT2D eigenvalue weighted by Gasteiger charge is 2.21. The second-order valence-electron chi connectivity index (χ2n) is 7.50. The number of esters is 1. The van der Waals surface area contributed by atoms with Gasteiger partial charge in [0.2, 0.25) is 0 Å². The number of hydrogen-bond donors (Lipinski definition) is 1. The van der Waals surface area contributed by atoms with E-state index in [1.165, 1.54) is 0 Å². The molecule has 0 radical (unpaired) electrons. The molecular weight excluding hydrogens is 372 g/mol. The first-order valence-electron chi connectivity index (χ1n) is 9.91. The van der Waals surface area contributed by atoms with E-state index in [-0.39, 0.29) is 36.6 Å². The third-order valence-corrected chi connectivity index (χ3v) is 4.37. The number of nitrogens with one attached hydrogen (secondary N) is 1. The Bertz CT molecular complexity index is 808. The fourth-order valence-electron chi connectivity index (χ4n) is 3.10. The van der Waals surface area contributed by atoms with E-state index in [0.717, 1.165) is 16.9 Å². The maximum Gasteiger partial charge on any atom is 0.307 e. The number of aryl methyl sites for hydroxylation is 2. The summed E-state index contributed by atoms with van der Waals surface area (Å²) in [7, 11) is 0. The maximum absolute atomic E-state index is 12.5. The number of hydrogen-bond acceptors (Lipinski definition) is 6. The quantitative estimate of drug-likeness (QED) is 0.605. The van der Waals surface area contributed by atoms with Crippen molar-refractivity contribution in [1.29, 1.82) is 0 Å². The highest BCUT2D eigenvalue weighted by atomic mass is 16.5.